The SMILES string of the molecule is C/C=C/c1nnc(-c2cccc(C(=O)O)c2)o1.C=CCN(C)CCOCC. The van der Waals surface area contributed by atoms with Crippen LogP contribution < -0.4 is 0 Å². The summed E-state index contributed by atoms with van der Waals surface area (Å²) in [5.41, 5.74) is 0.779. The zero-order chi connectivity index (χ0) is 20.1. The van der Waals surface area contributed by atoms with Gasteiger partial charge >= 0.3 is 5.97 Å². The van der Waals surface area contributed by atoms with Gasteiger partial charge in [0.2, 0.25) is 11.8 Å². The molecule has 1 aromatic heterocycles. The van der Waals surface area contributed by atoms with E-state index in [1.165, 1.54) is 12.1 Å². The lowest BCUT2D eigenvalue weighted by Gasteiger charge is -2.12. The number of carbonyl (C=O) groups is 1. The van der Waals surface area contributed by atoms with E-state index in [-0.39, 0.29) is 5.56 Å². The van der Waals surface area contributed by atoms with Gasteiger partial charge in [-0.25, -0.2) is 4.79 Å². The van der Waals surface area contributed by atoms with E-state index in [2.05, 4.69) is 28.7 Å². The van der Waals surface area contributed by atoms with Gasteiger partial charge in [0.15, 0.2) is 0 Å². The van der Waals surface area contributed by atoms with Crippen LogP contribution >= 0.6 is 0 Å². The molecule has 7 heteroatoms. The van der Waals surface area contributed by atoms with E-state index < -0.39 is 5.97 Å². The van der Waals surface area contributed by atoms with Gasteiger partial charge in [0.1, 0.15) is 0 Å². The standard InChI is InChI=1S/C12H10N2O3.C8H17NO/c1-2-4-10-13-14-11(17-10)8-5-3-6-9(7-8)12(15)16;1-4-6-9(3)7-8-10-5-2/h2-7H,1H3,(H,15,16);4H,1,5-8H2,2-3H3/b4-2+;. The Morgan fingerprint density at radius 1 is 1.41 bits per heavy atom. The fourth-order valence-electron chi connectivity index (χ4n) is 2.02. The van der Waals surface area contributed by atoms with Crippen LogP contribution in [0.25, 0.3) is 17.5 Å². The molecule has 1 aromatic carbocycles. The van der Waals surface area contributed by atoms with E-state index >= 15 is 0 Å². The molecule has 27 heavy (non-hydrogen) atoms. The molecule has 0 saturated carbocycles. The summed E-state index contributed by atoms with van der Waals surface area (Å²) in [6.07, 6.45) is 5.36. The number of carboxylic acid groups (broad SMARTS) is 1. The van der Waals surface area contributed by atoms with E-state index in [1.807, 2.05) is 19.9 Å². The third-order valence-electron chi connectivity index (χ3n) is 3.37. The fraction of sp³-hybridized carbons (Fsp3) is 0.350. The van der Waals surface area contributed by atoms with Crippen LogP contribution in [0.1, 0.15) is 30.1 Å². The summed E-state index contributed by atoms with van der Waals surface area (Å²) in [4.78, 5) is 13.0. The summed E-state index contributed by atoms with van der Waals surface area (Å²) in [5.74, 6) is -0.288. The molecule has 1 heterocycles. The molecule has 2 rings (SSSR count). The fourth-order valence-corrected chi connectivity index (χ4v) is 2.02. The maximum atomic E-state index is 10.8. The first-order valence-corrected chi connectivity index (χ1v) is 8.68. The Morgan fingerprint density at radius 2 is 2.19 bits per heavy atom. The second kappa shape index (κ2) is 12.6. The lowest BCUT2D eigenvalue weighted by Crippen LogP contribution is -2.23. The van der Waals surface area contributed by atoms with Crippen LogP contribution in [-0.4, -0.2) is 59.5 Å². The molecule has 146 valence electrons. The molecule has 0 aliphatic rings. The van der Waals surface area contributed by atoms with Crippen molar-refractivity contribution in [2.24, 2.45) is 0 Å². The maximum absolute atomic E-state index is 10.8. The number of hydrogen-bond donors (Lipinski definition) is 1. The van der Waals surface area contributed by atoms with Crippen LogP contribution in [0.2, 0.25) is 0 Å². The minimum atomic E-state index is -0.986. The van der Waals surface area contributed by atoms with Gasteiger partial charge in [-0.05, 0) is 45.2 Å². The van der Waals surface area contributed by atoms with Crippen molar-refractivity contribution >= 4 is 12.0 Å². The lowest BCUT2D eigenvalue weighted by molar-refractivity contribution is 0.0697. The van der Waals surface area contributed by atoms with Crippen molar-refractivity contribution in [3.05, 3.63) is 54.5 Å². The Balaban J connectivity index is 0.000000314. The minimum absolute atomic E-state index is 0.188. The van der Waals surface area contributed by atoms with Crippen LogP contribution in [0.15, 0.2) is 47.4 Å². The third kappa shape index (κ3) is 8.44. The van der Waals surface area contributed by atoms with Gasteiger partial charge in [0, 0.05) is 25.3 Å². The van der Waals surface area contributed by atoms with Crippen LogP contribution in [0.3, 0.4) is 0 Å². The van der Waals surface area contributed by atoms with E-state index in [0.29, 0.717) is 17.3 Å². The van der Waals surface area contributed by atoms with E-state index in [0.717, 1.165) is 26.3 Å². The van der Waals surface area contributed by atoms with E-state index in [4.69, 9.17) is 14.3 Å². The second-order valence-electron chi connectivity index (χ2n) is 5.58. The van der Waals surface area contributed by atoms with Crippen molar-refractivity contribution in [3.63, 3.8) is 0 Å². The summed E-state index contributed by atoms with van der Waals surface area (Å²) < 4.78 is 10.5. The smallest absolute Gasteiger partial charge is 0.335 e. The van der Waals surface area contributed by atoms with Gasteiger partial charge in [0.25, 0.3) is 0 Å². The van der Waals surface area contributed by atoms with Crippen molar-refractivity contribution in [2.75, 3.05) is 33.4 Å². The van der Waals surface area contributed by atoms with Gasteiger partial charge in [-0.2, -0.15) is 0 Å². The molecule has 0 unspecified atom stereocenters. The van der Waals surface area contributed by atoms with Gasteiger partial charge in [-0.3, -0.25) is 0 Å². The molecule has 0 aliphatic heterocycles. The topological polar surface area (TPSA) is 88.7 Å². The van der Waals surface area contributed by atoms with Gasteiger partial charge in [-0.1, -0.05) is 18.2 Å². The first-order valence-electron chi connectivity index (χ1n) is 8.68. The molecule has 0 spiro atoms. The molecule has 2 aromatic rings. The summed E-state index contributed by atoms with van der Waals surface area (Å²) >= 11 is 0. The largest absolute Gasteiger partial charge is 0.478 e. The summed E-state index contributed by atoms with van der Waals surface area (Å²) in [6, 6.07) is 6.36. The molecule has 0 amide bonds. The second-order valence-corrected chi connectivity index (χ2v) is 5.58. The summed E-state index contributed by atoms with van der Waals surface area (Å²) in [5, 5.41) is 16.5. The van der Waals surface area contributed by atoms with Crippen molar-refractivity contribution in [2.45, 2.75) is 13.8 Å². The average molecular weight is 373 g/mol. The Morgan fingerprint density at radius 3 is 2.81 bits per heavy atom. The molecule has 1 N–H and O–H groups in total. The van der Waals surface area contributed by atoms with Crippen molar-refractivity contribution in [1.82, 2.24) is 15.1 Å². The van der Waals surface area contributed by atoms with Gasteiger partial charge in [0.05, 0.1) is 12.2 Å². The summed E-state index contributed by atoms with van der Waals surface area (Å²) in [6.45, 7) is 11.0. The number of nitrogens with zero attached hydrogens (tertiary/aromatic N) is 3. The van der Waals surface area contributed by atoms with Crippen LogP contribution in [0.4, 0.5) is 0 Å². The molecular formula is C20H27N3O4. The maximum Gasteiger partial charge on any atom is 0.335 e. The molecule has 0 saturated heterocycles. The predicted molar refractivity (Wildman–Crippen MR) is 106 cm³/mol. The normalized spacial score (nSPS) is 10.7. The molecule has 0 fully saturated rings. The first-order chi connectivity index (χ1) is 13.0. The Bertz CT molecular complexity index is 740. The highest BCUT2D eigenvalue weighted by molar-refractivity contribution is 5.88. The quantitative estimate of drug-likeness (QED) is 0.530. The van der Waals surface area contributed by atoms with E-state index in [9.17, 15) is 4.79 Å². The number of likely N-dealkylation sites (N-methyl/N-ethyl adjacent to an activating group) is 1. The molecule has 0 radical (unpaired) electrons. The number of hydrogen-bond acceptors (Lipinski definition) is 6. The Kier molecular flexibility index (Phi) is 10.4. The molecule has 0 aliphatic carbocycles. The first kappa shape index (κ1) is 22.3. The predicted octanol–water partition coefficient (Wildman–Crippen LogP) is 3.61. The van der Waals surface area contributed by atoms with E-state index in [1.54, 1.807) is 24.3 Å². The highest BCUT2D eigenvalue weighted by Crippen LogP contribution is 2.19. The van der Waals surface area contributed by atoms with Crippen LogP contribution in [0.5, 0.6) is 0 Å². The van der Waals surface area contributed by atoms with Crippen LogP contribution in [-0.2, 0) is 4.74 Å². The lowest BCUT2D eigenvalue weighted by atomic mass is 10.1. The number of benzene rings is 1. The Labute approximate surface area is 160 Å². The number of allylic oxidation sites excluding steroid dienone is 1. The van der Waals surface area contributed by atoms with Gasteiger partial charge < -0.3 is 19.2 Å². The average Bonchev–Trinajstić information content (AvgIpc) is 3.12. The Hall–Kier alpha value is -2.77. The number of aromatic carboxylic acids is 1. The van der Waals surface area contributed by atoms with Crippen molar-refractivity contribution in [1.29, 1.82) is 0 Å². The van der Waals surface area contributed by atoms with Crippen molar-refractivity contribution in [3.8, 4) is 11.5 Å². The number of rotatable bonds is 9. The zero-order valence-corrected chi connectivity index (χ0v) is 16.1. The highest BCUT2D eigenvalue weighted by Gasteiger charge is 2.09. The highest BCUT2D eigenvalue weighted by atomic mass is 16.5. The van der Waals surface area contributed by atoms with Gasteiger partial charge in [-0.15, -0.1) is 16.8 Å². The summed E-state index contributed by atoms with van der Waals surface area (Å²) in [7, 11) is 2.06. The third-order valence-corrected chi connectivity index (χ3v) is 3.37. The van der Waals surface area contributed by atoms with Crippen LogP contribution in [0, 0.1) is 0 Å². The minimum Gasteiger partial charge on any atom is -0.478 e. The monoisotopic (exact) mass is 373 g/mol. The number of carboxylic acids is 1. The van der Waals surface area contributed by atoms with Crippen molar-refractivity contribution < 1.29 is 19.1 Å². The molecule has 0 atom stereocenters. The number of aromatic nitrogens is 2. The molecule has 0 bridgehead atoms. The number of ether oxygens (including phenoxy) is 1. The molecule has 7 nitrogen and oxygen atoms in total. The zero-order valence-electron chi connectivity index (χ0n) is 16.1. The molecular weight excluding hydrogens is 346 g/mol.